The number of nitrogens with zero attached hydrogens (tertiary/aromatic N) is 1. The first-order valence-electron chi connectivity index (χ1n) is 3.14. The first kappa shape index (κ1) is 6.60. The Hall–Kier alpha value is -1.10. The maximum atomic E-state index is 5.64. The van der Waals surface area contributed by atoms with Gasteiger partial charge in [0.2, 0.25) is 0 Å². The van der Waals surface area contributed by atoms with Gasteiger partial charge in [0.25, 0.3) is 0 Å². The Morgan fingerprint density at radius 2 is 2.27 bits per heavy atom. The van der Waals surface area contributed by atoms with Crippen molar-refractivity contribution in [2.45, 2.75) is 0 Å². The number of nitrogens with one attached hydrogen (secondary N) is 2. The third-order valence-corrected chi connectivity index (χ3v) is 2.13. The smallest absolute Gasteiger partial charge is 0.142 e. The zero-order chi connectivity index (χ0) is 7.84. The molecule has 0 fully saturated rings. The number of allylic oxidation sites excluding steroid dienone is 2. The molecular weight excluding hydrogens is 208 g/mol. The molecule has 0 radical (unpaired) electrons. The zero-order valence-electron chi connectivity index (χ0n) is 5.63. The lowest BCUT2D eigenvalue weighted by Crippen LogP contribution is -2.26. The van der Waals surface area contributed by atoms with Gasteiger partial charge in [0.15, 0.2) is 0 Å². The van der Waals surface area contributed by atoms with Crippen molar-refractivity contribution in [1.82, 2.24) is 14.8 Å². The van der Waals surface area contributed by atoms with E-state index in [9.17, 15) is 0 Å². The number of rotatable bonds is 0. The quantitative estimate of drug-likeness (QED) is 0.507. The highest BCUT2D eigenvalue weighted by Crippen LogP contribution is 2.25. The van der Waals surface area contributed by atoms with Crippen LogP contribution in [0.4, 0.5) is 0 Å². The summed E-state index contributed by atoms with van der Waals surface area (Å²) in [7, 11) is 0. The molecule has 0 atom stereocenters. The molecule has 0 aromatic rings. The van der Waals surface area contributed by atoms with Crippen LogP contribution in [0, 0.1) is 0 Å². The van der Waals surface area contributed by atoms with Gasteiger partial charge in [-0.25, -0.2) is 0 Å². The Bertz CT molecular complexity index is 278. The van der Waals surface area contributed by atoms with E-state index < -0.39 is 0 Å². The SMILES string of the molecule is NC1=C2C(=CC=CN2Br)NN1. The second-order valence-electron chi connectivity index (χ2n) is 2.25. The highest BCUT2D eigenvalue weighted by atomic mass is 79.9. The average molecular weight is 215 g/mol. The van der Waals surface area contributed by atoms with E-state index in [-0.39, 0.29) is 0 Å². The summed E-state index contributed by atoms with van der Waals surface area (Å²) in [6.07, 6.45) is 5.74. The molecule has 2 rings (SSSR count). The molecule has 11 heavy (non-hydrogen) atoms. The second kappa shape index (κ2) is 2.20. The fourth-order valence-electron chi connectivity index (χ4n) is 1.04. The lowest BCUT2D eigenvalue weighted by molar-refractivity contribution is 0.736. The van der Waals surface area contributed by atoms with Crippen LogP contribution in [-0.4, -0.2) is 3.93 Å². The number of hydrogen-bond acceptors (Lipinski definition) is 4. The van der Waals surface area contributed by atoms with E-state index in [2.05, 4.69) is 27.0 Å². The molecule has 0 saturated carbocycles. The fraction of sp³-hybridized carbons (Fsp3) is 0. The van der Waals surface area contributed by atoms with Crippen molar-refractivity contribution in [3.8, 4) is 0 Å². The van der Waals surface area contributed by atoms with Crippen LogP contribution >= 0.6 is 16.1 Å². The predicted octanol–water partition coefficient (Wildman–Crippen LogP) is 0.245. The third-order valence-electron chi connectivity index (χ3n) is 1.54. The summed E-state index contributed by atoms with van der Waals surface area (Å²) in [6.45, 7) is 0. The molecule has 2 aliphatic rings. The molecule has 2 aliphatic heterocycles. The largest absolute Gasteiger partial charge is 0.382 e. The Morgan fingerprint density at radius 3 is 3.00 bits per heavy atom. The van der Waals surface area contributed by atoms with Gasteiger partial charge in [-0.15, -0.1) is 0 Å². The second-order valence-corrected chi connectivity index (χ2v) is 3.01. The topological polar surface area (TPSA) is 53.3 Å². The molecule has 0 bridgehead atoms. The number of hydrazine groups is 1. The van der Waals surface area contributed by atoms with Gasteiger partial charge >= 0.3 is 0 Å². The van der Waals surface area contributed by atoms with Crippen LogP contribution in [0.3, 0.4) is 0 Å². The van der Waals surface area contributed by atoms with E-state index in [0.29, 0.717) is 5.82 Å². The first-order valence-corrected chi connectivity index (χ1v) is 3.85. The minimum Gasteiger partial charge on any atom is -0.382 e. The van der Waals surface area contributed by atoms with Crippen LogP contribution in [0.5, 0.6) is 0 Å². The van der Waals surface area contributed by atoms with Crippen molar-refractivity contribution in [3.05, 3.63) is 35.6 Å². The van der Waals surface area contributed by atoms with Crippen LogP contribution in [0.25, 0.3) is 0 Å². The molecule has 4 N–H and O–H groups in total. The summed E-state index contributed by atoms with van der Waals surface area (Å²) in [5, 5.41) is 0. The maximum absolute atomic E-state index is 5.64. The summed E-state index contributed by atoms with van der Waals surface area (Å²) in [5.41, 5.74) is 13.3. The van der Waals surface area contributed by atoms with Crippen molar-refractivity contribution in [1.29, 1.82) is 0 Å². The van der Waals surface area contributed by atoms with Gasteiger partial charge in [0.05, 0.1) is 21.8 Å². The molecule has 2 heterocycles. The third kappa shape index (κ3) is 0.883. The van der Waals surface area contributed by atoms with Crippen LogP contribution in [-0.2, 0) is 0 Å². The maximum Gasteiger partial charge on any atom is 0.142 e. The zero-order valence-corrected chi connectivity index (χ0v) is 7.22. The minimum absolute atomic E-state index is 0.623. The van der Waals surface area contributed by atoms with E-state index in [1.54, 1.807) is 3.93 Å². The van der Waals surface area contributed by atoms with Gasteiger partial charge in [-0.05, 0) is 12.2 Å². The van der Waals surface area contributed by atoms with Crippen molar-refractivity contribution in [2.75, 3.05) is 0 Å². The lowest BCUT2D eigenvalue weighted by Gasteiger charge is -2.15. The predicted molar refractivity (Wildman–Crippen MR) is 45.5 cm³/mol. The summed E-state index contributed by atoms with van der Waals surface area (Å²) in [5.74, 6) is 0.623. The van der Waals surface area contributed by atoms with E-state index in [1.807, 2.05) is 18.4 Å². The van der Waals surface area contributed by atoms with Gasteiger partial charge < -0.3 is 5.73 Å². The van der Waals surface area contributed by atoms with Crippen LogP contribution in [0.1, 0.15) is 0 Å². The number of nitrogens with two attached hydrogens (primary N) is 1. The van der Waals surface area contributed by atoms with Crippen LogP contribution < -0.4 is 16.6 Å². The normalized spacial score (nSPS) is 20.8. The van der Waals surface area contributed by atoms with Crippen molar-refractivity contribution in [2.24, 2.45) is 5.73 Å². The standard InChI is InChI=1S/C6H7BrN4/c7-11-3-1-2-4-5(11)6(8)10-9-4/h1-3,9-10H,8H2. The van der Waals surface area contributed by atoms with Gasteiger partial charge in [0, 0.05) is 6.20 Å². The summed E-state index contributed by atoms with van der Waals surface area (Å²) < 4.78 is 1.78. The summed E-state index contributed by atoms with van der Waals surface area (Å²) in [6, 6.07) is 0. The molecule has 0 aromatic heterocycles. The van der Waals surface area contributed by atoms with Gasteiger partial charge in [-0.2, -0.15) is 0 Å². The highest BCUT2D eigenvalue weighted by Gasteiger charge is 2.21. The molecule has 58 valence electrons. The van der Waals surface area contributed by atoms with Gasteiger partial charge in [-0.3, -0.25) is 14.8 Å². The summed E-state index contributed by atoms with van der Waals surface area (Å²) >= 11 is 3.32. The van der Waals surface area contributed by atoms with E-state index in [4.69, 9.17) is 5.73 Å². The minimum atomic E-state index is 0.623. The Labute approximate surface area is 72.7 Å². The Kier molecular flexibility index (Phi) is 1.32. The molecular formula is C6H7BrN4. The summed E-state index contributed by atoms with van der Waals surface area (Å²) in [4.78, 5) is 0. The van der Waals surface area contributed by atoms with Crippen LogP contribution in [0.15, 0.2) is 35.6 Å². The molecule has 0 amide bonds. The number of fused-ring (bicyclic) bond motifs is 1. The molecule has 4 nitrogen and oxygen atoms in total. The van der Waals surface area contributed by atoms with E-state index in [1.165, 1.54) is 0 Å². The molecule has 0 spiro atoms. The average Bonchev–Trinajstić information content (AvgIpc) is 2.34. The Morgan fingerprint density at radius 1 is 1.45 bits per heavy atom. The first-order chi connectivity index (χ1) is 5.29. The molecule has 0 aromatic carbocycles. The van der Waals surface area contributed by atoms with E-state index in [0.717, 1.165) is 11.4 Å². The lowest BCUT2D eigenvalue weighted by atomic mass is 10.2. The molecule has 0 unspecified atom stereocenters. The van der Waals surface area contributed by atoms with Crippen molar-refractivity contribution in [3.63, 3.8) is 0 Å². The number of halogens is 1. The van der Waals surface area contributed by atoms with E-state index >= 15 is 0 Å². The van der Waals surface area contributed by atoms with Gasteiger partial charge in [0.1, 0.15) is 11.5 Å². The monoisotopic (exact) mass is 214 g/mol. The highest BCUT2D eigenvalue weighted by molar-refractivity contribution is 9.07. The fourth-order valence-corrected chi connectivity index (χ4v) is 1.56. The van der Waals surface area contributed by atoms with Crippen molar-refractivity contribution < 1.29 is 0 Å². The molecule has 0 saturated heterocycles. The van der Waals surface area contributed by atoms with Crippen molar-refractivity contribution >= 4 is 16.1 Å². The molecule has 5 heteroatoms. The molecule has 0 aliphatic carbocycles. The number of hydrogen-bond donors (Lipinski definition) is 3. The van der Waals surface area contributed by atoms with Gasteiger partial charge in [-0.1, -0.05) is 0 Å². The Balaban J connectivity index is 2.46. The van der Waals surface area contributed by atoms with Crippen LogP contribution in [0.2, 0.25) is 0 Å².